The van der Waals surface area contributed by atoms with Gasteiger partial charge in [0.1, 0.15) is 0 Å². The summed E-state index contributed by atoms with van der Waals surface area (Å²) in [6, 6.07) is 9.80. The molecule has 0 saturated heterocycles. The van der Waals surface area contributed by atoms with Crippen LogP contribution < -0.4 is 11.0 Å². The van der Waals surface area contributed by atoms with Gasteiger partial charge >= 0.3 is 5.69 Å². The first kappa shape index (κ1) is 9.30. The first-order valence-corrected chi connectivity index (χ1v) is 5.23. The van der Waals surface area contributed by atoms with Gasteiger partial charge in [0.2, 0.25) is 0 Å². The quantitative estimate of drug-likeness (QED) is 0.744. The molecule has 0 saturated carbocycles. The van der Waals surface area contributed by atoms with Crippen molar-refractivity contribution in [3.05, 3.63) is 52.1 Å². The molecule has 0 amide bonds. The largest absolute Gasteiger partial charge is 0.345 e. The molecular weight excluding hydrogens is 202 g/mol. The highest BCUT2D eigenvalue weighted by Crippen LogP contribution is 2.24. The third-order valence-electron chi connectivity index (χ3n) is 2.77. The number of hydrogen-bond acceptors (Lipinski definition) is 3. The Balaban J connectivity index is 2.25. The Morgan fingerprint density at radius 2 is 1.94 bits per heavy atom. The highest BCUT2D eigenvalue weighted by molar-refractivity contribution is 5.64. The molecule has 2 heterocycles. The van der Waals surface area contributed by atoms with Gasteiger partial charge in [-0.2, -0.15) is 4.98 Å². The fraction of sp³-hybridized carbons (Fsp3) is 0.167. The van der Waals surface area contributed by atoms with Crippen molar-refractivity contribution in [2.75, 3.05) is 0 Å². The predicted octanol–water partition coefficient (Wildman–Crippen LogP) is 1.04. The van der Waals surface area contributed by atoms with E-state index in [-0.39, 0.29) is 5.69 Å². The SMILES string of the molecule is O=c1nc(-c2ccccc2)c2c([nH]1)CNC2. The molecule has 16 heavy (non-hydrogen) atoms. The van der Waals surface area contributed by atoms with Crippen molar-refractivity contribution >= 4 is 0 Å². The van der Waals surface area contributed by atoms with Crippen LogP contribution in [-0.2, 0) is 13.1 Å². The van der Waals surface area contributed by atoms with E-state index in [9.17, 15) is 4.79 Å². The molecule has 1 aromatic heterocycles. The Kier molecular flexibility index (Phi) is 2.08. The van der Waals surface area contributed by atoms with Crippen molar-refractivity contribution in [2.24, 2.45) is 0 Å². The average molecular weight is 213 g/mol. The van der Waals surface area contributed by atoms with Crippen LogP contribution >= 0.6 is 0 Å². The predicted molar refractivity (Wildman–Crippen MR) is 60.8 cm³/mol. The van der Waals surface area contributed by atoms with Crippen molar-refractivity contribution in [3.63, 3.8) is 0 Å². The maximum atomic E-state index is 11.4. The van der Waals surface area contributed by atoms with Crippen molar-refractivity contribution < 1.29 is 0 Å². The van der Waals surface area contributed by atoms with Gasteiger partial charge in [-0.1, -0.05) is 30.3 Å². The van der Waals surface area contributed by atoms with E-state index in [0.29, 0.717) is 6.54 Å². The minimum absolute atomic E-state index is 0.277. The highest BCUT2D eigenvalue weighted by atomic mass is 16.1. The molecule has 2 aromatic rings. The van der Waals surface area contributed by atoms with Crippen molar-refractivity contribution in [2.45, 2.75) is 13.1 Å². The fourth-order valence-corrected chi connectivity index (χ4v) is 2.03. The van der Waals surface area contributed by atoms with E-state index in [1.807, 2.05) is 30.3 Å². The Morgan fingerprint density at radius 3 is 2.75 bits per heavy atom. The average Bonchev–Trinajstić information content (AvgIpc) is 2.77. The number of H-pyrrole nitrogens is 1. The summed E-state index contributed by atoms with van der Waals surface area (Å²) in [4.78, 5) is 18.3. The van der Waals surface area contributed by atoms with Crippen LogP contribution in [-0.4, -0.2) is 9.97 Å². The minimum Gasteiger partial charge on any atom is -0.308 e. The lowest BCUT2D eigenvalue weighted by molar-refractivity contribution is 0.757. The second kappa shape index (κ2) is 3.57. The molecular formula is C12H11N3O. The van der Waals surface area contributed by atoms with E-state index in [2.05, 4.69) is 15.3 Å². The summed E-state index contributed by atoms with van der Waals surface area (Å²) in [5.41, 5.74) is 3.57. The zero-order valence-electron chi connectivity index (χ0n) is 8.66. The molecule has 1 aromatic carbocycles. The standard InChI is InChI=1S/C12H11N3O/c16-12-14-10-7-13-6-9(10)11(15-12)8-4-2-1-3-5-8/h1-5,13H,6-7H2,(H,14,15,16). The summed E-state index contributed by atoms with van der Waals surface area (Å²) in [6.07, 6.45) is 0. The number of aromatic nitrogens is 2. The second-order valence-corrected chi connectivity index (χ2v) is 3.82. The molecule has 1 aliphatic heterocycles. The number of fused-ring (bicyclic) bond motifs is 1. The van der Waals surface area contributed by atoms with Gasteiger partial charge < -0.3 is 10.3 Å². The molecule has 0 fully saturated rings. The summed E-state index contributed by atoms with van der Waals surface area (Å²) < 4.78 is 0. The van der Waals surface area contributed by atoms with Gasteiger partial charge in [0, 0.05) is 29.9 Å². The van der Waals surface area contributed by atoms with Crippen LogP contribution in [0.1, 0.15) is 11.3 Å². The molecule has 0 aliphatic carbocycles. The maximum Gasteiger partial charge on any atom is 0.345 e. The zero-order valence-corrected chi connectivity index (χ0v) is 8.66. The van der Waals surface area contributed by atoms with Crippen LogP contribution in [0.15, 0.2) is 35.1 Å². The van der Waals surface area contributed by atoms with Crippen LogP contribution in [0.5, 0.6) is 0 Å². The lowest BCUT2D eigenvalue weighted by Crippen LogP contribution is -2.14. The van der Waals surface area contributed by atoms with Crippen LogP contribution in [0.3, 0.4) is 0 Å². The van der Waals surface area contributed by atoms with Crippen LogP contribution in [0.4, 0.5) is 0 Å². The van der Waals surface area contributed by atoms with Gasteiger partial charge in [-0.15, -0.1) is 0 Å². The number of rotatable bonds is 1. The zero-order chi connectivity index (χ0) is 11.0. The van der Waals surface area contributed by atoms with Gasteiger partial charge in [0.05, 0.1) is 5.69 Å². The monoisotopic (exact) mass is 213 g/mol. The lowest BCUT2D eigenvalue weighted by atomic mass is 10.1. The Bertz CT molecular complexity index is 575. The van der Waals surface area contributed by atoms with E-state index in [1.54, 1.807) is 0 Å². The summed E-state index contributed by atoms with van der Waals surface area (Å²) >= 11 is 0. The van der Waals surface area contributed by atoms with Crippen LogP contribution in [0.25, 0.3) is 11.3 Å². The Morgan fingerprint density at radius 1 is 1.12 bits per heavy atom. The third kappa shape index (κ3) is 1.44. The number of nitrogens with zero attached hydrogens (tertiary/aromatic N) is 1. The van der Waals surface area contributed by atoms with Gasteiger partial charge in [0.25, 0.3) is 0 Å². The van der Waals surface area contributed by atoms with E-state index >= 15 is 0 Å². The highest BCUT2D eigenvalue weighted by Gasteiger charge is 2.17. The molecule has 4 nitrogen and oxygen atoms in total. The van der Waals surface area contributed by atoms with Crippen molar-refractivity contribution in [1.82, 2.24) is 15.3 Å². The molecule has 0 bridgehead atoms. The number of benzene rings is 1. The minimum atomic E-state index is -0.277. The van der Waals surface area contributed by atoms with Crippen LogP contribution in [0.2, 0.25) is 0 Å². The smallest absolute Gasteiger partial charge is 0.308 e. The normalized spacial score (nSPS) is 13.8. The molecule has 1 aliphatic rings. The molecule has 0 spiro atoms. The summed E-state index contributed by atoms with van der Waals surface area (Å²) in [7, 11) is 0. The molecule has 0 atom stereocenters. The topological polar surface area (TPSA) is 57.8 Å². The van der Waals surface area contributed by atoms with Crippen molar-refractivity contribution in [1.29, 1.82) is 0 Å². The molecule has 4 heteroatoms. The molecule has 0 unspecified atom stereocenters. The van der Waals surface area contributed by atoms with Crippen LogP contribution in [0, 0.1) is 0 Å². The van der Waals surface area contributed by atoms with E-state index in [4.69, 9.17) is 0 Å². The van der Waals surface area contributed by atoms with E-state index in [0.717, 1.165) is 29.1 Å². The summed E-state index contributed by atoms with van der Waals surface area (Å²) in [6.45, 7) is 1.48. The molecule has 80 valence electrons. The van der Waals surface area contributed by atoms with Gasteiger partial charge in [0.15, 0.2) is 0 Å². The number of nitrogens with one attached hydrogen (secondary N) is 2. The molecule has 2 N–H and O–H groups in total. The molecule has 3 rings (SSSR count). The van der Waals surface area contributed by atoms with Gasteiger partial charge in [-0.05, 0) is 0 Å². The van der Waals surface area contributed by atoms with E-state index in [1.165, 1.54) is 0 Å². The molecule has 0 radical (unpaired) electrons. The fourth-order valence-electron chi connectivity index (χ4n) is 2.03. The Labute approximate surface area is 92.4 Å². The van der Waals surface area contributed by atoms with Crippen molar-refractivity contribution in [3.8, 4) is 11.3 Å². The summed E-state index contributed by atoms with van der Waals surface area (Å²) in [5.74, 6) is 0. The second-order valence-electron chi connectivity index (χ2n) is 3.82. The lowest BCUT2D eigenvalue weighted by Gasteiger charge is -2.05. The van der Waals surface area contributed by atoms with Gasteiger partial charge in [-0.25, -0.2) is 4.79 Å². The summed E-state index contributed by atoms with van der Waals surface area (Å²) in [5, 5.41) is 3.21. The number of hydrogen-bond donors (Lipinski definition) is 2. The Hall–Kier alpha value is -1.94. The number of aromatic amines is 1. The third-order valence-corrected chi connectivity index (χ3v) is 2.77. The first-order valence-electron chi connectivity index (χ1n) is 5.23. The first-order chi connectivity index (χ1) is 7.84. The maximum absolute atomic E-state index is 11.4. The van der Waals surface area contributed by atoms with Gasteiger partial charge in [-0.3, -0.25) is 0 Å². The van der Waals surface area contributed by atoms with E-state index < -0.39 is 0 Å².